The molecule has 53 heavy (non-hydrogen) atoms. The lowest BCUT2D eigenvalue weighted by molar-refractivity contribution is -0.123. The molecule has 0 fully saturated rings. The van der Waals surface area contributed by atoms with Crippen LogP contribution in [0.1, 0.15) is 187 Å². The van der Waals surface area contributed by atoms with Crippen LogP contribution in [0.3, 0.4) is 0 Å². The third-order valence-electron chi connectivity index (χ3n) is 9.36. The monoisotopic (exact) mass is 734 g/mol. The smallest absolute Gasteiger partial charge is 0.220 e. The van der Waals surface area contributed by atoms with Crippen molar-refractivity contribution in [2.24, 2.45) is 0 Å². The van der Waals surface area contributed by atoms with Crippen LogP contribution >= 0.6 is 0 Å². The lowest BCUT2D eigenvalue weighted by Gasteiger charge is -2.22. The topological polar surface area (TPSA) is 69.6 Å². The van der Waals surface area contributed by atoms with Gasteiger partial charge in [-0.05, 0) is 77.0 Å². The van der Waals surface area contributed by atoms with Gasteiger partial charge in [-0.15, -0.1) is 0 Å². The van der Waals surface area contributed by atoms with Crippen molar-refractivity contribution >= 4 is 5.91 Å². The summed E-state index contributed by atoms with van der Waals surface area (Å²) in [6.45, 7) is 4.17. The van der Waals surface area contributed by atoms with E-state index >= 15 is 0 Å². The van der Waals surface area contributed by atoms with Crippen LogP contribution in [0.5, 0.6) is 0 Å². The van der Waals surface area contributed by atoms with Crippen molar-refractivity contribution in [2.45, 2.75) is 199 Å². The number of aliphatic hydroxyl groups excluding tert-OH is 2. The molecule has 2 atom stereocenters. The Morgan fingerprint density at radius 3 is 1.25 bits per heavy atom. The van der Waals surface area contributed by atoms with Crippen molar-refractivity contribution in [1.82, 2.24) is 5.32 Å². The second-order valence-electron chi connectivity index (χ2n) is 14.4. The van der Waals surface area contributed by atoms with Gasteiger partial charge in [-0.1, -0.05) is 201 Å². The van der Waals surface area contributed by atoms with Crippen LogP contribution in [-0.4, -0.2) is 34.9 Å². The van der Waals surface area contributed by atoms with E-state index < -0.39 is 12.1 Å². The molecular weight excluding hydrogens is 651 g/mol. The predicted molar refractivity (Wildman–Crippen MR) is 234 cm³/mol. The third kappa shape index (κ3) is 40.3. The summed E-state index contributed by atoms with van der Waals surface area (Å²) in [6.07, 6.45) is 65.1. The SMILES string of the molecule is CC/C=C\C/C=C\C/C=C\C/C=C\C/C=C\C/C=C\C/C=C\C/C=C\CCCCCCCCCCCCC(=O)NC(CO)C(O)CCCCCCCC. The minimum Gasteiger partial charge on any atom is -0.394 e. The molecule has 0 aliphatic carbocycles. The standard InChI is InChI=1S/C49H83NO3/c1-3-5-7-9-11-12-13-14-15-16-17-18-19-20-21-22-23-24-25-26-27-28-29-30-31-32-33-34-35-36-37-38-39-41-43-45-49(53)50-47(46-51)48(52)44-42-40-10-8-6-4-2/h5,7,11-12,14-15,17-18,20-21,23-24,26-27,29-30,47-48,51-52H,3-4,6,8-10,13,16,19,22,25,28,31-46H2,1-2H3,(H,50,53)/b7-5-,12-11-,15-14-,18-17-,21-20-,24-23-,27-26-,30-29-. The Labute approximate surface area is 328 Å². The molecule has 0 saturated carbocycles. The summed E-state index contributed by atoms with van der Waals surface area (Å²) >= 11 is 0. The first kappa shape index (κ1) is 50.3. The number of carbonyl (C=O) groups excluding carboxylic acids is 1. The molecule has 1 amide bonds. The van der Waals surface area contributed by atoms with Gasteiger partial charge in [0, 0.05) is 6.42 Å². The summed E-state index contributed by atoms with van der Waals surface area (Å²) in [5, 5.41) is 22.9. The van der Waals surface area contributed by atoms with Gasteiger partial charge in [-0.25, -0.2) is 0 Å². The number of rotatable bonds is 38. The Hall–Kier alpha value is -2.69. The number of carbonyl (C=O) groups is 1. The summed E-state index contributed by atoms with van der Waals surface area (Å²) in [4.78, 5) is 12.3. The van der Waals surface area contributed by atoms with Crippen molar-refractivity contribution in [3.05, 3.63) is 97.2 Å². The largest absolute Gasteiger partial charge is 0.394 e. The predicted octanol–water partition coefficient (Wildman–Crippen LogP) is 13.8. The van der Waals surface area contributed by atoms with Gasteiger partial charge >= 0.3 is 0 Å². The number of allylic oxidation sites excluding steroid dienone is 16. The molecule has 0 rings (SSSR count). The molecular formula is C49H83NO3. The Bertz CT molecular complexity index is 1010. The first-order valence-electron chi connectivity index (χ1n) is 21.9. The molecule has 0 radical (unpaired) electrons. The number of nitrogens with one attached hydrogen (secondary N) is 1. The first-order valence-corrected chi connectivity index (χ1v) is 21.9. The van der Waals surface area contributed by atoms with Gasteiger partial charge < -0.3 is 15.5 Å². The number of amides is 1. The highest BCUT2D eigenvalue weighted by atomic mass is 16.3. The van der Waals surface area contributed by atoms with Crippen molar-refractivity contribution < 1.29 is 15.0 Å². The number of aliphatic hydroxyl groups is 2. The molecule has 4 nitrogen and oxygen atoms in total. The Morgan fingerprint density at radius 2 is 0.830 bits per heavy atom. The second kappa shape index (κ2) is 43.7. The molecule has 0 heterocycles. The quantitative estimate of drug-likeness (QED) is 0.0437. The fraction of sp³-hybridized carbons (Fsp3) is 0.653. The minimum absolute atomic E-state index is 0.0470. The fourth-order valence-corrected chi connectivity index (χ4v) is 6.02. The summed E-state index contributed by atoms with van der Waals surface area (Å²) < 4.78 is 0. The van der Waals surface area contributed by atoms with Crippen LogP contribution in [0.25, 0.3) is 0 Å². The van der Waals surface area contributed by atoms with Gasteiger partial charge in [-0.2, -0.15) is 0 Å². The number of hydrogen-bond donors (Lipinski definition) is 3. The second-order valence-corrected chi connectivity index (χ2v) is 14.4. The van der Waals surface area contributed by atoms with Crippen LogP contribution in [0, 0.1) is 0 Å². The van der Waals surface area contributed by atoms with Crippen molar-refractivity contribution in [1.29, 1.82) is 0 Å². The average molecular weight is 734 g/mol. The Kier molecular flexibility index (Phi) is 41.5. The number of unbranched alkanes of at least 4 members (excludes halogenated alkanes) is 15. The first-order chi connectivity index (χ1) is 26.2. The van der Waals surface area contributed by atoms with Gasteiger partial charge in [0.2, 0.25) is 5.91 Å². The zero-order valence-electron chi connectivity index (χ0n) is 34.5. The molecule has 4 heteroatoms. The van der Waals surface area contributed by atoms with E-state index in [2.05, 4.69) is 116 Å². The maximum absolute atomic E-state index is 12.3. The van der Waals surface area contributed by atoms with Gasteiger partial charge in [0.15, 0.2) is 0 Å². The molecule has 3 N–H and O–H groups in total. The van der Waals surface area contributed by atoms with Crippen LogP contribution in [0.2, 0.25) is 0 Å². The molecule has 0 aliphatic rings. The Morgan fingerprint density at radius 1 is 0.472 bits per heavy atom. The summed E-state index contributed by atoms with van der Waals surface area (Å²) in [7, 11) is 0. The van der Waals surface area contributed by atoms with E-state index in [0.29, 0.717) is 12.8 Å². The van der Waals surface area contributed by atoms with Crippen molar-refractivity contribution in [3.8, 4) is 0 Å². The number of hydrogen-bond acceptors (Lipinski definition) is 3. The summed E-state index contributed by atoms with van der Waals surface area (Å²) in [5.74, 6) is -0.0470. The molecule has 2 unspecified atom stereocenters. The lowest BCUT2D eigenvalue weighted by Crippen LogP contribution is -2.45. The summed E-state index contributed by atoms with van der Waals surface area (Å²) in [6, 6.07) is -0.540. The third-order valence-corrected chi connectivity index (χ3v) is 9.36. The van der Waals surface area contributed by atoms with Crippen molar-refractivity contribution in [2.75, 3.05) is 6.61 Å². The van der Waals surface area contributed by atoms with E-state index in [9.17, 15) is 15.0 Å². The highest BCUT2D eigenvalue weighted by molar-refractivity contribution is 5.76. The van der Waals surface area contributed by atoms with Crippen LogP contribution < -0.4 is 5.32 Å². The minimum atomic E-state index is -0.662. The van der Waals surface area contributed by atoms with Gasteiger partial charge in [0.05, 0.1) is 18.8 Å². The Balaban J connectivity index is 3.56. The zero-order valence-corrected chi connectivity index (χ0v) is 34.5. The highest BCUT2D eigenvalue weighted by Crippen LogP contribution is 2.14. The molecule has 302 valence electrons. The van der Waals surface area contributed by atoms with Gasteiger partial charge in [0.25, 0.3) is 0 Å². The van der Waals surface area contributed by atoms with E-state index in [1.54, 1.807) is 0 Å². The zero-order chi connectivity index (χ0) is 38.6. The average Bonchev–Trinajstić information content (AvgIpc) is 3.16. The molecule has 0 aliphatic heterocycles. The normalized spacial score (nSPS) is 14.0. The van der Waals surface area contributed by atoms with Crippen LogP contribution in [-0.2, 0) is 4.79 Å². The van der Waals surface area contributed by atoms with E-state index in [1.807, 2.05) is 0 Å². The van der Waals surface area contributed by atoms with E-state index in [4.69, 9.17) is 0 Å². The van der Waals surface area contributed by atoms with Gasteiger partial charge in [0.1, 0.15) is 0 Å². The highest BCUT2D eigenvalue weighted by Gasteiger charge is 2.19. The van der Waals surface area contributed by atoms with Crippen LogP contribution in [0.4, 0.5) is 0 Å². The maximum atomic E-state index is 12.3. The van der Waals surface area contributed by atoms with E-state index in [-0.39, 0.29) is 12.5 Å². The maximum Gasteiger partial charge on any atom is 0.220 e. The molecule has 0 aromatic heterocycles. The van der Waals surface area contributed by atoms with E-state index in [1.165, 1.54) is 83.5 Å². The molecule has 0 bridgehead atoms. The molecule has 0 aromatic rings. The van der Waals surface area contributed by atoms with Crippen LogP contribution in [0.15, 0.2) is 97.2 Å². The van der Waals surface area contributed by atoms with Crippen molar-refractivity contribution in [3.63, 3.8) is 0 Å². The van der Waals surface area contributed by atoms with Gasteiger partial charge in [-0.3, -0.25) is 4.79 Å². The van der Waals surface area contributed by atoms with E-state index in [0.717, 1.165) is 77.0 Å². The molecule has 0 saturated heterocycles. The lowest BCUT2D eigenvalue weighted by atomic mass is 10.0. The fourth-order valence-electron chi connectivity index (χ4n) is 6.02. The molecule has 0 aromatic carbocycles. The molecule has 0 spiro atoms. The summed E-state index contributed by atoms with van der Waals surface area (Å²) in [5.41, 5.74) is 0.